The Balaban J connectivity index is 3.22. The van der Waals surface area contributed by atoms with Gasteiger partial charge in [0.2, 0.25) is 0 Å². The van der Waals surface area contributed by atoms with Gasteiger partial charge in [-0.25, -0.2) is 0 Å². The van der Waals surface area contributed by atoms with Crippen molar-refractivity contribution in [3.8, 4) is 0 Å². The Morgan fingerprint density at radius 1 is 1.00 bits per heavy atom. The summed E-state index contributed by atoms with van der Waals surface area (Å²) in [4.78, 5) is 0. The molecule has 0 spiro atoms. The van der Waals surface area contributed by atoms with Gasteiger partial charge >= 0.3 is 0 Å². The molecule has 0 bridgehead atoms. The first-order valence-electron chi connectivity index (χ1n) is 8.93. The molecule has 3 unspecified atom stereocenters. The van der Waals surface area contributed by atoms with E-state index in [1.807, 2.05) is 18.2 Å². The van der Waals surface area contributed by atoms with E-state index in [0.717, 1.165) is 38.5 Å². The zero-order valence-electron chi connectivity index (χ0n) is 14.6. The highest BCUT2D eigenvalue weighted by molar-refractivity contribution is 5.23. The standard InChI is InChI=1S/C19H34O4/c1-3-5-9-16-10-7-8-12-19(16,11-6-4-2)17(23)18(13-20,14-21)15-22/h7-8,10,12,16-17,20-23H,3-6,9,11,13-15H2,1-2H3. The van der Waals surface area contributed by atoms with Crippen molar-refractivity contribution in [3.05, 3.63) is 24.3 Å². The molecule has 0 aromatic heterocycles. The van der Waals surface area contributed by atoms with Gasteiger partial charge in [0, 0.05) is 5.41 Å². The summed E-state index contributed by atoms with van der Waals surface area (Å²) < 4.78 is 0. The van der Waals surface area contributed by atoms with Crippen LogP contribution < -0.4 is 0 Å². The van der Waals surface area contributed by atoms with E-state index in [2.05, 4.69) is 19.9 Å². The van der Waals surface area contributed by atoms with Gasteiger partial charge in [0.25, 0.3) is 0 Å². The third-order valence-corrected chi connectivity index (χ3v) is 5.42. The summed E-state index contributed by atoms with van der Waals surface area (Å²) in [6.07, 6.45) is 13.0. The van der Waals surface area contributed by atoms with Crippen LogP contribution in [0.4, 0.5) is 0 Å². The Morgan fingerprint density at radius 3 is 2.13 bits per heavy atom. The average Bonchev–Trinajstić information content (AvgIpc) is 2.60. The normalized spacial score (nSPS) is 25.7. The van der Waals surface area contributed by atoms with Crippen LogP contribution in [0.5, 0.6) is 0 Å². The lowest BCUT2D eigenvalue weighted by atomic mass is 9.58. The highest BCUT2D eigenvalue weighted by atomic mass is 16.3. The second-order valence-corrected chi connectivity index (χ2v) is 6.95. The first-order valence-corrected chi connectivity index (χ1v) is 8.93. The van der Waals surface area contributed by atoms with E-state index in [-0.39, 0.29) is 5.92 Å². The monoisotopic (exact) mass is 326 g/mol. The molecule has 0 radical (unpaired) electrons. The molecule has 0 aromatic rings. The maximum absolute atomic E-state index is 11.2. The fourth-order valence-electron chi connectivity index (χ4n) is 3.69. The fraction of sp³-hybridized carbons (Fsp3) is 0.789. The van der Waals surface area contributed by atoms with Crippen LogP contribution in [0.15, 0.2) is 24.3 Å². The van der Waals surface area contributed by atoms with Crippen LogP contribution in [0.2, 0.25) is 0 Å². The molecular formula is C19H34O4. The second-order valence-electron chi connectivity index (χ2n) is 6.95. The van der Waals surface area contributed by atoms with Crippen LogP contribution in [-0.4, -0.2) is 46.4 Å². The van der Waals surface area contributed by atoms with E-state index in [1.54, 1.807) is 0 Å². The molecule has 1 rings (SSSR count). The Labute approximate surface area is 140 Å². The molecule has 0 heterocycles. The number of aliphatic hydroxyl groups excluding tert-OH is 4. The molecule has 0 saturated heterocycles. The van der Waals surface area contributed by atoms with E-state index in [1.165, 1.54) is 0 Å². The first-order chi connectivity index (χ1) is 11.1. The molecule has 0 fully saturated rings. The van der Waals surface area contributed by atoms with Crippen LogP contribution in [-0.2, 0) is 0 Å². The van der Waals surface area contributed by atoms with Gasteiger partial charge in [-0.2, -0.15) is 0 Å². The van der Waals surface area contributed by atoms with Gasteiger partial charge in [-0.05, 0) is 18.8 Å². The van der Waals surface area contributed by atoms with Crippen LogP contribution >= 0.6 is 0 Å². The largest absolute Gasteiger partial charge is 0.396 e. The van der Waals surface area contributed by atoms with E-state index >= 15 is 0 Å². The van der Waals surface area contributed by atoms with Crippen molar-refractivity contribution in [2.75, 3.05) is 19.8 Å². The lowest BCUT2D eigenvalue weighted by Crippen LogP contribution is -2.55. The van der Waals surface area contributed by atoms with Crippen molar-refractivity contribution < 1.29 is 20.4 Å². The Bertz CT molecular complexity index is 379. The van der Waals surface area contributed by atoms with Crippen molar-refractivity contribution in [2.45, 2.75) is 58.5 Å². The highest BCUT2D eigenvalue weighted by Gasteiger charge is 2.51. The zero-order chi connectivity index (χ0) is 17.3. The number of hydrogen-bond acceptors (Lipinski definition) is 4. The van der Waals surface area contributed by atoms with Gasteiger partial charge in [-0.3, -0.25) is 0 Å². The predicted molar refractivity (Wildman–Crippen MR) is 93.0 cm³/mol. The van der Waals surface area contributed by atoms with E-state index < -0.39 is 36.8 Å². The summed E-state index contributed by atoms with van der Waals surface area (Å²) >= 11 is 0. The van der Waals surface area contributed by atoms with Crippen molar-refractivity contribution in [1.82, 2.24) is 0 Å². The van der Waals surface area contributed by atoms with Crippen LogP contribution in [0, 0.1) is 16.7 Å². The summed E-state index contributed by atoms with van der Waals surface area (Å²) in [7, 11) is 0. The summed E-state index contributed by atoms with van der Waals surface area (Å²) in [5, 5.41) is 40.4. The van der Waals surface area contributed by atoms with Gasteiger partial charge in [0.05, 0.1) is 31.3 Å². The summed E-state index contributed by atoms with van der Waals surface area (Å²) in [5.41, 5.74) is -1.83. The number of allylic oxidation sites excluding steroid dienone is 3. The molecule has 1 aliphatic carbocycles. The molecule has 4 heteroatoms. The fourth-order valence-corrected chi connectivity index (χ4v) is 3.69. The smallest absolute Gasteiger partial charge is 0.0759 e. The molecule has 23 heavy (non-hydrogen) atoms. The van der Waals surface area contributed by atoms with Gasteiger partial charge in [0.1, 0.15) is 0 Å². The maximum Gasteiger partial charge on any atom is 0.0759 e. The minimum atomic E-state index is -1.28. The molecule has 0 amide bonds. The van der Waals surface area contributed by atoms with Gasteiger partial charge in [0.15, 0.2) is 0 Å². The van der Waals surface area contributed by atoms with E-state index in [9.17, 15) is 20.4 Å². The quantitative estimate of drug-likeness (QED) is 0.470. The Morgan fingerprint density at radius 2 is 1.61 bits per heavy atom. The Hall–Kier alpha value is -0.680. The third-order valence-electron chi connectivity index (χ3n) is 5.42. The molecule has 134 valence electrons. The molecule has 1 aliphatic rings. The zero-order valence-corrected chi connectivity index (χ0v) is 14.6. The van der Waals surface area contributed by atoms with Crippen molar-refractivity contribution in [1.29, 1.82) is 0 Å². The average molecular weight is 326 g/mol. The molecule has 0 aromatic carbocycles. The van der Waals surface area contributed by atoms with Gasteiger partial charge < -0.3 is 20.4 Å². The van der Waals surface area contributed by atoms with Gasteiger partial charge in [-0.1, -0.05) is 63.8 Å². The molecule has 0 saturated carbocycles. The molecule has 3 atom stereocenters. The van der Waals surface area contributed by atoms with Crippen molar-refractivity contribution in [2.24, 2.45) is 16.7 Å². The van der Waals surface area contributed by atoms with Crippen LogP contribution in [0.3, 0.4) is 0 Å². The van der Waals surface area contributed by atoms with Crippen LogP contribution in [0.1, 0.15) is 52.4 Å². The third kappa shape index (κ3) is 4.24. The van der Waals surface area contributed by atoms with E-state index in [4.69, 9.17) is 0 Å². The molecule has 0 aliphatic heterocycles. The second kappa shape index (κ2) is 9.58. The van der Waals surface area contributed by atoms with Gasteiger partial charge in [-0.15, -0.1) is 0 Å². The van der Waals surface area contributed by atoms with Crippen LogP contribution in [0.25, 0.3) is 0 Å². The highest BCUT2D eigenvalue weighted by Crippen LogP contribution is 2.49. The minimum absolute atomic E-state index is 0.151. The lowest BCUT2D eigenvalue weighted by Gasteiger charge is -2.49. The number of hydrogen-bond donors (Lipinski definition) is 4. The first kappa shape index (κ1) is 20.4. The predicted octanol–water partition coefficient (Wildman–Crippen LogP) is 2.42. The summed E-state index contributed by atoms with van der Waals surface area (Å²) in [6, 6.07) is 0. The van der Waals surface area contributed by atoms with Crippen molar-refractivity contribution >= 4 is 0 Å². The number of rotatable bonds is 11. The number of aliphatic hydroxyl groups is 4. The molecule has 4 N–H and O–H groups in total. The van der Waals surface area contributed by atoms with Crippen molar-refractivity contribution in [3.63, 3.8) is 0 Å². The molecule has 4 nitrogen and oxygen atoms in total. The van der Waals surface area contributed by atoms with E-state index in [0.29, 0.717) is 0 Å². The SMILES string of the molecule is CCCCC1C=CC=CC1(CCCC)C(O)C(CO)(CO)CO. The topological polar surface area (TPSA) is 80.9 Å². The summed E-state index contributed by atoms with van der Waals surface area (Å²) in [5.74, 6) is 0.151. The lowest BCUT2D eigenvalue weighted by molar-refractivity contribution is -0.137. The Kier molecular flexibility index (Phi) is 8.48. The maximum atomic E-state index is 11.2. The number of unbranched alkanes of at least 4 members (excludes halogenated alkanes) is 2. The minimum Gasteiger partial charge on any atom is -0.396 e. The summed E-state index contributed by atoms with van der Waals surface area (Å²) in [6.45, 7) is 2.94. The molecular weight excluding hydrogens is 292 g/mol.